The zero-order valence-electron chi connectivity index (χ0n) is 12.6. The van der Waals surface area contributed by atoms with E-state index in [0.29, 0.717) is 37.1 Å². The number of pyridine rings is 1. The highest BCUT2D eigenvalue weighted by atomic mass is 35.5. The smallest absolute Gasteiger partial charge is 0.239 e. The maximum atomic E-state index is 12.1. The van der Waals surface area contributed by atoms with E-state index in [1.54, 1.807) is 18.3 Å². The predicted octanol–water partition coefficient (Wildman–Crippen LogP) is 1.27. The minimum atomic E-state index is -0.0976. The van der Waals surface area contributed by atoms with Crippen molar-refractivity contribution in [2.45, 2.75) is 12.6 Å². The molecule has 1 atom stereocenters. The van der Waals surface area contributed by atoms with Crippen LogP contribution in [0, 0.1) is 0 Å². The Hall–Kier alpha value is -1.96. The molecule has 0 aliphatic carbocycles. The van der Waals surface area contributed by atoms with Gasteiger partial charge in [-0.05, 0) is 18.2 Å². The van der Waals surface area contributed by atoms with E-state index in [1.165, 1.54) is 6.20 Å². The summed E-state index contributed by atoms with van der Waals surface area (Å²) in [6.45, 7) is 3.03. The molecule has 3 rings (SSSR count). The topological polar surface area (TPSA) is 72.3 Å². The number of amides is 1. The molecule has 1 aliphatic rings. The van der Waals surface area contributed by atoms with Crippen molar-refractivity contribution in [1.82, 2.24) is 19.7 Å². The SMILES string of the molecule is O=C(CN1CCO[C@H](Cn2cccn2)C1)Nc1ccc(Cl)cn1. The summed E-state index contributed by atoms with van der Waals surface area (Å²) in [4.78, 5) is 18.2. The lowest BCUT2D eigenvalue weighted by Crippen LogP contribution is -2.47. The number of carbonyl (C=O) groups is 1. The van der Waals surface area contributed by atoms with Gasteiger partial charge in [0.05, 0.1) is 30.8 Å². The van der Waals surface area contributed by atoms with Gasteiger partial charge in [-0.3, -0.25) is 14.4 Å². The fourth-order valence-electron chi connectivity index (χ4n) is 2.49. The molecule has 0 radical (unpaired) electrons. The van der Waals surface area contributed by atoms with E-state index in [9.17, 15) is 4.79 Å². The molecule has 0 bridgehead atoms. The number of nitrogens with zero attached hydrogens (tertiary/aromatic N) is 4. The first-order valence-corrected chi connectivity index (χ1v) is 7.79. The fourth-order valence-corrected chi connectivity index (χ4v) is 2.60. The lowest BCUT2D eigenvalue weighted by molar-refractivity contribution is -0.119. The van der Waals surface area contributed by atoms with E-state index >= 15 is 0 Å². The third-order valence-corrected chi connectivity index (χ3v) is 3.76. The van der Waals surface area contributed by atoms with E-state index in [1.807, 2.05) is 16.9 Å². The van der Waals surface area contributed by atoms with E-state index in [0.717, 1.165) is 6.54 Å². The molecule has 23 heavy (non-hydrogen) atoms. The van der Waals surface area contributed by atoms with E-state index in [-0.39, 0.29) is 12.0 Å². The highest BCUT2D eigenvalue weighted by molar-refractivity contribution is 6.30. The van der Waals surface area contributed by atoms with Crippen LogP contribution >= 0.6 is 11.6 Å². The van der Waals surface area contributed by atoms with Crippen LogP contribution in [0.15, 0.2) is 36.8 Å². The van der Waals surface area contributed by atoms with Crippen LogP contribution in [-0.4, -0.2) is 57.9 Å². The van der Waals surface area contributed by atoms with Crippen molar-refractivity contribution >= 4 is 23.3 Å². The first-order valence-electron chi connectivity index (χ1n) is 7.42. The Balaban J connectivity index is 1.48. The first-order chi connectivity index (χ1) is 11.2. The summed E-state index contributed by atoms with van der Waals surface area (Å²) in [7, 11) is 0. The maximum absolute atomic E-state index is 12.1. The molecule has 3 heterocycles. The fraction of sp³-hybridized carbons (Fsp3) is 0.400. The van der Waals surface area contributed by atoms with Crippen molar-refractivity contribution in [3.05, 3.63) is 41.8 Å². The van der Waals surface area contributed by atoms with Crippen molar-refractivity contribution in [3.63, 3.8) is 0 Å². The summed E-state index contributed by atoms with van der Waals surface area (Å²) in [5, 5.41) is 7.49. The molecule has 1 N–H and O–H groups in total. The van der Waals surface area contributed by atoms with Gasteiger partial charge in [-0.25, -0.2) is 4.98 Å². The third kappa shape index (κ3) is 4.75. The van der Waals surface area contributed by atoms with Crippen LogP contribution in [0.1, 0.15) is 0 Å². The molecular formula is C15H18ClN5O2. The molecule has 1 saturated heterocycles. The molecule has 0 unspecified atom stereocenters. The van der Waals surface area contributed by atoms with Gasteiger partial charge in [-0.15, -0.1) is 0 Å². The Bertz CT molecular complexity index is 632. The minimum absolute atomic E-state index is 0.0325. The summed E-state index contributed by atoms with van der Waals surface area (Å²) < 4.78 is 7.57. The van der Waals surface area contributed by atoms with E-state index in [4.69, 9.17) is 16.3 Å². The number of rotatable bonds is 5. The van der Waals surface area contributed by atoms with Crippen molar-refractivity contribution in [3.8, 4) is 0 Å². The Labute approximate surface area is 139 Å². The van der Waals surface area contributed by atoms with Gasteiger partial charge in [-0.1, -0.05) is 11.6 Å². The van der Waals surface area contributed by atoms with Gasteiger partial charge in [0.1, 0.15) is 5.82 Å². The Morgan fingerprint density at radius 3 is 3.13 bits per heavy atom. The molecule has 1 aliphatic heterocycles. The number of hydrogen-bond donors (Lipinski definition) is 1. The third-order valence-electron chi connectivity index (χ3n) is 3.53. The average Bonchev–Trinajstić information content (AvgIpc) is 3.03. The van der Waals surface area contributed by atoms with Crippen LogP contribution in [0.3, 0.4) is 0 Å². The monoisotopic (exact) mass is 335 g/mol. The molecule has 7 nitrogen and oxygen atoms in total. The zero-order valence-corrected chi connectivity index (χ0v) is 13.3. The summed E-state index contributed by atoms with van der Waals surface area (Å²) in [6, 6.07) is 5.26. The number of morpholine rings is 1. The van der Waals surface area contributed by atoms with Crippen molar-refractivity contribution in [2.24, 2.45) is 0 Å². The van der Waals surface area contributed by atoms with Gasteiger partial charge >= 0.3 is 0 Å². The van der Waals surface area contributed by atoms with Gasteiger partial charge < -0.3 is 10.1 Å². The number of ether oxygens (including phenoxy) is 1. The first kappa shape index (κ1) is 15.9. The second-order valence-corrected chi connectivity index (χ2v) is 5.80. The highest BCUT2D eigenvalue weighted by Crippen LogP contribution is 2.10. The molecular weight excluding hydrogens is 318 g/mol. The van der Waals surface area contributed by atoms with E-state index in [2.05, 4.69) is 20.3 Å². The van der Waals surface area contributed by atoms with Crippen LogP contribution < -0.4 is 5.32 Å². The van der Waals surface area contributed by atoms with Crippen molar-refractivity contribution in [2.75, 3.05) is 31.6 Å². The van der Waals surface area contributed by atoms with Crippen LogP contribution in [-0.2, 0) is 16.1 Å². The van der Waals surface area contributed by atoms with Crippen LogP contribution in [0.5, 0.6) is 0 Å². The summed E-state index contributed by atoms with van der Waals surface area (Å²) in [6.07, 6.45) is 5.19. The Morgan fingerprint density at radius 2 is 2.39 bits per heavy atom. The van der Waals surface area contributed by atoms with Crippen LogP contribution in [0.4, 0.5) is 5.82 Å². The van der Waals surface area contributed by atoms with Crippen LogP contribution in [0.2, 0.25) is 5.02 Å². The molecule has 1 fully saturated rings. The minimum Gasteiger partial charge on any atom is -0.374 e. The molecule has 2 aromatic rings. The van der Waals surface area contributed by atoms with Gasteiger partial charge in [-0.2, -0.15) is 5.10 Å². The Kier molecular flexibility index (Phi) is 5.22. The average molecular weight is 336 g/mol. The molecule has 0 spiro atoms. The number of carbonyl (C=O) groups excluding carboxylic acids is 1. The standard InChI is InChI=1S/C15H18ClN5O2/c16-12-2-3-14(17-8-12)19-15(22)11-20-6-7-23-13(9-20)10-21-5-1-4-18-21/h1-5,8,13H,6-7,9-11H2,(H,17,19,22)/t13-/m0/s1. The summed E-state index contributed by atoms with van der Waals surface area (Å²) in [5.41, 5.74) is 0. The number of nitrogens with one attached hydrogen (secondary N) is 1. The lowest BCUT2D eigenvalue weighted by Gasteiger charge is -2.32. The number of anilines is 1. The summed E-state index contributed by atoms with van der Waals surface area (Å²) in [5.74, 6) is 0.403. The molecule has 0 aromatic carbocycles. The molecule has 8 heteroatoms. The quantitative estimate of drug-likeness (QED) is 0.891. The lowest BCUT2D eigenvalue weighted by atomic mass is 10.2. The van der Waals surface area contributed by atoms with Crippen LogP contribution in [0.25, 0.3) is 0 Å². The maximum Gasteiger partial charge on any atom is 0.239 e. The number of halogens is 1. The van der Waals surface area contributed by atoms with Gasteiger partial charge in [0.25, 0.3) is 0 Å². The second kappa shape index (κ2) is 7.54. The number of aromatic nitrogens is 3. The molecule has 0 saturated carbocycles. The molecule has 2 aromatic heterocycles. The molecule has 122 valence electrons. The highest BCUT2D eigenvalue weighted by Gasteiger charge is 2.22. The van der Waals surface area contributed by atoms with Gasteiger partial charge in [0, 0.05) is 31.7 Å². The van der Waals surface area contributed by atoms with Gasteiger partial charge in [0.15, 0.2) is 0 Å². The molecule has 1 amide bonds. The number of hydrogen-bond acceptors (Lipinski definition) is 5. The van der Waals surface area contributed by atoms with Crippen molar-refractivity contribution in [1.29, 1.82) is 0 Å². The Morgan fingerprint density at radius 1 is 1.48 bits per heavy atom. The second-order valence-electron chi connectivity index (χ2n) is 5.37. The largest absolute Gasteiger partial charge is 0.374 e. The normalized spacial score (nSPS) is 18.7. The predicted molar refractivity (Wildman–Crippen MR) is 86.3 cm³/mol. The zero-order chi connectivity index (χ0) is 16.1. The summed E-state index contributed by atoms with van der Waals surface area (Å²) >= 11 is 5.77. The van der Waals surface area contributed by atoms with Crippen molar-refractivity contribution < 1.29 is 9.53 Å². The van der Waals surface area contributed by atoms with E-state index < -0.39 is 0 Å². The van der Waals surface area contributed by atoms with Gasteiger partial charge in [0.2, 0.25) is 5.91 Å².